The van der Waals surface area contributed by atoms with Crippen molar-refractivity contribution in [2.75, 3.05) is 5.43 Å². The average Bonchev–Trinajstić information content (AvgIpc) is 2.77. The van der Waals surface area contributed by atoms with Crippen LogP contribution in [0.1, 0.15) is 38.9 Å². The van der Waals surface area contributed by atoms with Crippen molar-refractivity contribution in [3.63, 3.8) is 0 Å². The minimum Gasteiger partial charge on any atom is -0.345 e. The summed E-state index contributed by atoms with van der Waals surface area (Å²) in [6, 6.07) is 1.52. The van der Waals surface area contributed by atoms with Gasteiger partial charge in [0, 0.05) is 11.1 Å². The molecule has 4 N–H and O–H groups in total. The first kappa shape index (κ1) is 14.4. The monoisotopic (exact) mass is 291 g/mol. The lowest BCUT2D eigenvalue weighted by Gasteiger charge is -2.14. The van der Waals surface area contributed by atoms with E-state index in [1.54, 1.807) is 23.6 Å². The third kappa shape index (κ3) is 2.94. The number of pyridine rings is 1. The maximum atomic E-state index is 12.3. The molecule has 2 aromatic rings. The maximum Gasteiger partial charge on any atom is 0.254 e. The number of nitrogen functional groups attached to an aromatic ring is 1. The molecule has 0 aliphatic heterocycles. The molecule has 0 saturated heterocycles. The van der Waals surface area contributed by atoms with Gasteiger partial charge in [-0.05, 0) is 26.8 Å². The Bertz CT molecular complexity index is 625. The van der Waals surface area contributed by atoms with E-state index >= 15 is 0 Å². The van der Waals surface area contributed by atoms with Gasteiger partial charge >= 0.3 is 0 Å². The van der Waals surface area contributed by atoms with Crippen molar-refractivity contribution >= 4 is 22.9 Å². The summed E-state index contributed by atoms with van der Waals surface area (Å²) >= 11 is 1.59. The normalized spacial score (nSPS) is 12.0. The van der Waals surface area contributed by atoms with E-state index in [9.17, 15) is 4.79 Å². The summed E-state index contributed by atoms with van der Waals surface area (Å²) in [6.07, 6.45) is 3.07. The number of nitrogens with two attached hydrogens (primary N) is 1. The van der Waals surface area contributed by atoms with Crippen LogP contribution in [-0.4, -0.2) is 15.9 Å². The van der Waals surface area contributed by atoms with Crippen LogP contribution in [0.5, 0.6) is 0 Å². The van der Waals surface area contributed by atoms with Crippen molar-refractivity contribution in [3.8, 4) is 0 Å². The van der Waals surface area contributed by atoms with Gasteiger partial charge in [-0.2, -0.15) is 0 Å². The number of hydrogen-bond donors (Lipinski definition) is 3. The molecular formula is C13H17N5OS. The van der Waals surface area contributed by atoms with E-state index < -0.39 is 0 Å². The minimum absolute atomic E-state index is 0.104. The molecule has 0 spiro atoms. The number of aryl methyl sites for hydroxylation is 2. The van der Waals surface area contributed by atoms with E-state index in [0.29, 0.717) is 11.3 Å². The van der Waals surface area contributed by atoms with Crippen LogP contribution in [0.2, 0.25) is 0 Å². The highest BCUT2D eigenvalue weighted by Gasteiger charge is 2.18. The van der Waals surface area contributed by atoms with Gasteiger partial charge in [0.1, 0.15) is 0 Å². The standard InChI is InChI=1S/C13H17N5OS/c1-7-12(20-9(3)16-7)8(2)17-13(19)10-4-5-15-6-11(10)18-14/h4-6,8,18H,14H2,1-3H3,(H,17,19). The first-order valence-electron chi connectivity index (χ1n) is 6.18. The number of thiazole rings is 1. The van der Waals surface area contributed by atoms with Crippen LogP contribution in [0.3, 0.4) is 0 Å². The molecule has 1 atom stereocenters. The Morgan fingerprint density at radius 2 is 2.20 bits per heavy atom. The lowest BCUT2D eigenvalue weighted by molar-refractivity contribution is 0.0941. The summed E-state index contributed by atoms with van der Waals surface area (Å²) in [5, 5.41) is 3.94. The second-order valence-electron chi connectivity index (χ2n) is 4.44. The van der Waals surface area contributed by atoms with Crippen molar-refractivity contribution in [2.45, 2.75) is 26.8 Å². The molecule has 0 radical (unpaired) electrons. The number of aromatic nitrogens is 2. The van der Waals surface area contributed by atoms with Gasteiger partial charge in [0.15, 0.2) is 0 Å². The molecule has 0 aromatic carbocycles. The summed E-state index contributed by atoms with van der Waals surface area (Å²) in [6.45, 7) is 5.84. The van der Waals surface area contributed by atoms with Crippen LogP contribution in [0.4, 0.5) is 5.69 Å². The van der Waals surface area contributed by atoms with Gasteiger partial charge in [-0.25, -0.2) is 4.98 Å². The fraction of sp³-hybridized carbons (Fsp3) is 0.308. The fourth-order valence-electron chi connectivity index (χ4n) is 2.00. The van der Waals surface area contributed by atoms with Gasteiger partial charge in [-0.3, -0.25) is 15.6 Å². The van der Waals surface area contributed by atoms with Gasteiger partial charge in [0.25, 0.3) is 5.91 Å². The number of hydrogen-bond acceptors (Lipinski definition) is 6. The van der Waals surface area contributed by atoms with Crippen LogP contribution in [0.15, 0.2) is 18.5 Å². The number of carbonyl (C=O) groups is 1. The summed E-state index contributed by atoms with van der Waals surface area (Å²) in [7, 11) is 0. The number of carbonyl (C=O) groups excluding carboxylic acids is 1. The number of anilines is 1. The van der Waals surface area contributed by atoms with E-state index in [2.05, 4.69) is 20.7 Å². The van der Waals surface area contributed by atoms with Gasteiger partial charge < -0.3 is 10.7 Å². The molecule has 1 unspecified atom stereocenters. The van der Waals surface area contributed by atoms with Gasteiger partial charge in [0.05, 0.1) is 34.2 Å². The molecule has 6 nitrogen and oxygen atoms in total. The maximum absolute atomic E-state index is 12.3. The minimum atomic E-state index is -0.196. The second kappa shape index (κ2) is 5.98. The zero-order chi connectivity index (χ0) is 14.7. The Hall–Kier alpha value is -1.99. The van der Waals surface area contributed by atoms with Crippen molar-refractivity contribution in [2.24, 2.45) is 5.84 Å². The Labute approximate surface area is 121 Å². The quantitative estimate of drug-likeness (QED) is 0.591. The van der Waals surface area contributed by atoms with Gasteiger partial charge in [-0.1, -0.05) is 0 Å². The lowest BCUT2D eigenvalue weighted by Crippen LogP contribution is -2.28. The highest BCUT2D eigenvalue weighted by molar-refractivity contribution is 7.11. The second-order valence-corrected chi connectivity index (χ2v) is 5.68. The zero-order valence-electron chi connectivity index (χ0n) is 11.6. The highest BCUT2D eigenvalue weighted by Crippen LogP contribution is 2.25. The van der Waals surface area contributed by atoms with E-state index in [4.69, 9.17) is 5.84 Å². The van der Waals surface area contributed by atoms with Crippen LogP contribution in [-0.2, 0) is 0 Å². The highest BCUT2D eigenvalue weighted by atomic mass is 32.1. The van der Waals surface area contributed by atoms with Crippen LogP contribution >= 0.6 is 11.3 Å². The Kier molecular flexibility index (Phi) is 4.31. The number of rotatable bonds is 4. The molecule has 0 aliphatic rings. The first-order chi connectivity index (χ1) is 9.52. The van der Waals surface area contributed by atoms with Crippen LogP contribution in [0, 0.1) is 13.8 Å². The number of nitrogens with one attached hydrogen (secondary N) is 2. The molecule has 0 saturated carbocycles. The van der Waals surface area contributed by atoms with Crippen LogP contribution in [0.25, 0.3) is 0 Å². The van der Waals surface area contributed by atoms with E-state index in [0.717, 1.165) is 15.6 Å². The Morgan fingerprint density at radius 1 is 1.45 bits per heavy atom. The summed E-state index contributed by atoms with van der Waals surface area (Å²) in [5.74, 6) is 5.18. The molecular weight excluding hydrogens is 274 g/mol. The molecule has 7 heteroatoms. The molecule has 1 amide bonds. The van der Waals surface area contributed by atoms with Crippen molar-refractivity contribution in [1.82, 2.24) is 15.3 Å². The molecule has 0 bridgehead atoms. The molecule has 20 heavy (non-hydrogen) atoms. The fourth-order valence-corrected chi connectivity index (χ4v) is 2.93. The zero-order valence-corrected chi connectivity index (χ0v) is 12.4. The van der Waals surface area contributed by atoms with Crippen molar-refractivity contribution in [1.29, 1.82) is 0 Å². The number of nitrogens with zero attached hydrogens (tertiary/aromatic N) is 2. The molecule has 2 heterocycles. The lowest BCUT2D eigenvalue weighted by atomic mass is 10.2. The van der Waals surface area contributed by atoms with Gasteiger partial charge in [0.2, 0.25) is 0 Å². The number of hydrazine groups is 1. The third-order valence-electron chi connectivity index (χ3n) is 2.90. The molecule has 2 rings (SSSR count). The Balaban J connectivity index is 2.17. The van der Waals surface area contributed by atoms with Crippen molar-refractivity contribution < 1.29 is 4.79 Å². The number of amides is 1. The molecule has 2 aromatic heterocycles. The third-order valence-corrected chi connectivity index (χ3v) is 4.16. The van der Waals surface area contributed by atoms with Gasteiger partial charge in [-0.15, -0.1) is 11.3 Å². The SMILES string of the molecule is Cc1nc(C)c(C(C)NC(=O)c2ccncc2NN)s1. The first-order valence-corrected chi connectivity index (χ1v) is 7.00. The van der Waals surface area contributed by atoms with Crippen molar-refractivity contribution in [3.05, 3.63) is 39.6 Å². The summed E-state index contributed by atoms with van der Waals surface area (Å²) in [4.78, 5) is 21.6. The molecule has 0 fully saturated rings. The van der Waals surface area contributed by atoms with E-state index in [1.165, 1.54) is 6.20 Å². The van der Waals surface area contributed by atoms with E-state index in [1.807, 2.05) is 20.8 Å². The summed E-state index contributed by atoms with van der Waals surface area (Å²) in [5.41, 5.74) is 4.38. The average molecular weight is 291 g/mol. The smallest absolute Gasteiger partial charge is 0.254 e. The Morgan fingerprint density at radius 3 is 2.80 bits per heavy atom. The topological polar surface area (TPSA) is 92.9 Å². The molecule has 106 valence electrons. The predicted octanol–water partition coefficient (Wildman–Crippen LogP) is 1.93. The molecule has 0 aliphatic carbocycles. The predicted molar refractivity (Wildman–Crippen MR) is 79.5 cm³/mol. The van der Waals surface area contributed by atoms with E-state index in [-0.39, 0.29) is 11.9 Å². The summed E-state index contributed by atoms with van der Waals surface area (Å²) < 4.78 is 0. The van der Waals surface area contributed by atoms with Crippen LogP contribution < -0.4 is 16.6 Å². The largest absolute Gasteiger partial charge is 0.345 e.